The van der Waals surface area contributed by atoms with E-state index in [2.05, 4.69) is 0 Å². The number of anilines is 1. The number of fused-ring (bicyclic) bond motifs is 1. The van der Waals surface area contributed by atoms with Gasteiger partial charge in [-0.15, -0.1) is 0 Å². The lowest BCUT2D eigenvalue weighted by atomic mass is 9.94. The minimum atomic E-state index is -0.360. The van der Waals surface area contributed by atoms with Crippen molar-refractivity contribution in [1.29, 1.82) is 0 Å². The number of hydrogen-bond acceptors (Lipinski definition) is 5. The van der Waals surface area contributed by atoms with Crippen LogP contribution in [0.2, 0.25) is 0 Å². The Morgan fingerprint density at radius 1 is 0.974 bits per heavy atom. The van der Waals surface area contributed by atoms with Gasteiger partial charge in [0.25, 0.3) is 11.8 Å². The van der Waals surface area contributed by atoms with Gasteiger partial charge in [0.1, 0.15) is 5.82 Å². The first-order valence-corrected chi connectivity index (χ1v) is 13.4. The third-order valence-corrected chi connectivity index (χ3v) is 7.50. The maximum absolute atomic E-state index is 13.6. The number of hydrogen-bond donors (Lipinski definition) is 1. The Morgan fingerprint density at radius 3 is 2.51 bits per heavy atom. The first-order chi connectivity index (χ1) is 19.0. The summed E-state index contributed by atoms with van der Waals surface area (Å²) < 4.78 is 13.6. The summed E-state index contributed by atoms with van der Waals surface area (Å²) in [5, 5.41) is 9.61. The van der Waals surface area contributed by atoms with Crippen LogP contribution in [0.15, 0.2) is 72.8 Å². The van der Waals surface area contributed by atoms with Crippen molar-refractivity contribution in [3.63, 3.8) is 0 Å². The molecule has 0 aromatic heterocycles. The standard InChI is InChI=1S/C31H32FN3O4/c32-25-11-4-9-22(19-25)14-16-35-30(38)26-12-5-13-27(28(26)31(35)39)33-15-6-10-24(21-33)29(37)34(17-18-36)20-23-7-2-1-3-8-23/h1-5,7-9,11-13,19,24,36H,6,10,14-18,20-21H2/t24-/m1/s1. The molecule has 2 aliphatic rings. The van der Waals surface area contributed by atoms with Gasteiger partial charge in [-0.2, -0.15) is 0 Å². The number of amides is 3. The van der Waals surface area contributed by atoms with Gasteiger partial charge in [-0.1, -0.05) is 48.5 Å². The van der Waals surface area contributed by atoms with Crippen molar-refractivity contribution in [3.8, 4) is 0 Å². The van der Waals surface area contributed by atoms with E-state index in [1.54, 1.807) is 29.2 Å². The van der Waals surface area contributed by atoms with Crippen LogP contribution in [-0.2, 0) is 17.8 Å². The summed E-state index contributed by atoms with van der Waals surface area (Å²) in [4.78, 5) is 45.1. The van der Waals surface area contributed by atoms with Gasteiger partial charge in [-0.05, 0) is 54.7 Å². The van der Waals surface area contributed by atoms with Crippen LogP contribution in [0.4, 0.5) is 10.1 Å². The number of imide groups is 1. The van der Waals surface area contributed by atoms with E-state index in [0.717, 1.165) is 12.0 Å². The summed E-state index contributed by atoms with van der Waals surface area (Å²) in [6.45, 7) is 1.80. The Bertz CT molecular complexity index is 1360. The van der Waals surface area contributed by atoms with Crippen LogP contribution in [0.5, 0.6) is 0 Å². The van der Waals surface area contributed by atoms with Crippen LogP contribution in [-0.4, -0.2) is 65.4 Å². The fourth-order valence-corrected chi connectivity index (χ4v) is 5.56. The van der Waals surface area contributed by atoms with E-state index in [4.69, 9.17) is 0 Å². The first kappa shape index (κ1) is 26.6. The van der Waals surface area contributed by atoms with Crippen LogP contribution < -0.4 is 4.90 Å². The summed E-state index contributed by atoms with van der Waals surface area (Å²) in [7, 11) is 0. The maximum atomic E-state index is 13.6. The van der Waals surface area contributed by atoms with Crippen molar-refractivity contribution in [3.05, 3.63) is 101 Å². The fourth-order valence-electron chi connectivity index (χ4n) is 5.56. The smallest absolute Gasteiger partial charge is 0.263 e. The fraction of sp³-hybridized carbons (Fsp3) is 0.323. The monoisotopic (exact) mass is 529 g/mol. The highest BCUT2D eigenvalue weighted by atomic mass is 19.1. The number of halogens is 1. The predicted molar refractivity (Wildman–Crippen MR) is 146 cm³/mol. The molecule has 5 rings (SSSR count). The van der Waals surface area contributed by atoms with Crippen LogP contribution in [0, 0.1) is 11.7 Å². The van der Waals surface area contributed by atoms with E-state index in [1.165, 1.54) is 17.0 Å². The summed E-state index contributed by atoms with van der Waals surface area (Å²) >= 11 is 0. The molecule has 7 nitrogen and oxygen atoms in total. The van der Waals surface area contributed by atoms with Gasteiger partial charge in [0, 0.05) is 32.7 Å². The molecule has 39 heavy (non-hydrogen) atoms. The molecule has 0 aliphatic carbocycles. The highest BCUT2D eigenvalue weighted by Crippen LogP contribution is 2.34. The Labute approximate surface area is 227 Å². The number of benzene rings is 3. The maximum Gasteiger partial charge on any atom is 0.263 e. The molecule has 2 heterocycles. The molecular weight excluding hydrogens is 497 g/mol. The highest BCUT2D eigenvalue weighted by Gasteiger charge is 2.39. The molecular formula is C31H32FN3O4. The average Bonchev–Trinajstić information content (AvgIpc) is 3.21. The van der Waals surface area contributed by atoms with Crippen molar-refractivity contribution >= 4 is 23.4 Å². The molecule has 1 N–H and O–H groups in total. The van der Waals surface area contributed by atoms with E-state index in [9.17, 15) is 23.9 Å². The second-order valence-electron chi connectivity index (χ2n) is 10.1. The number of piperidine rings is 1. The Morgan fingerprint density at radius 2 is 1.74 bits per heavy atom. The molecule has 202 valence electrons. The minimum Gasteiger partial charge on any atom is -0.395 e. The number of carbonyl (C=O) groups is 3. The third-order valence-electron chi connectivity index (χ3n) is 7.50. The third kappa shape index (κ3) is 5.71. The molecule has 3 aromatic carbocycles. The number of aliphatic hydroxyl groups excluding tert-OH is 1. The summed E-state index contributed by atoms with van der Waals surface area (Å²) in [5.41, 5.74) is 3.10. The Hall–Kier alpha value is -4.04. The molecule has 1 saturated heterocycles. The molecule has 0 unspecified atom stereocenters. The zero-order valence-electron chi connectivity index (χ0n) is 21.8. The normalized spacial score (nSPS) is 16.9. The Balaban J connectivity index is 1.32. The van der Waals surface area contributed by atoms with Crippen molar-refractivity contribution in [1.82, 2.24) is 9.80 Å². The predicted octanol–water partition coefficient (Wildman–Crippen LogP) is 3.90. The summed E-state index contributed by atoms with van der Waals surface area (Å²) in [6, 6.07) is 21.1. The number of nitrogens with zero attached hydrogens (tertiary/aromatic N) is 3. The van der Waals surface area contributed by atoms with E-state index < -0.39 is 0 Å². The first-order valence-electron chi connectivity index (χ1n) is 13.4. The lowest BCUT2D eigenvalue weighted by Gasteiger charge is -2.36. The van der Waals surface area contributed by atoms with Gasteiger partial charge in [-0.25, -0.2) is 4.39 Å². The van der Waals surface area contributed by atoms with E-state index in [0.29, 0.717) is 54.9 Å². The van der Waals surface area contributed by atoms with Gasteiger partial charge in [-0.3, -0.25) is 19.3 Å². The van der Waals surface area contributed by atoms with Gasteiger partial charge in [0.2, 0.25) is 5.91 Å². The molecule has 8 heteroatoms. The number of aliphatic hydroxyl groups is 1. The van der Waals surface area contributed by atoms with E-state index in [-0.39, 0.29) is 49.2 Å². The molecule has 3 amide bonds. The lowest BCUT2D eigenvalue weighted by molar-refractivity contribution is -0.137. The van der Waals surface area contributed by atoms with E-state index in [1.807, 2.05) is 41.3 Å². The molecule has 0 bridgehead atoms. The molecule has 0 radical (unpaired) electrons. The zero-order valence-corrected chi connectivity index (χ0v) is 21.8. The minimum absolute atomic E-state index is 0.0238. The van der Waals surface area contributed by atoms with Gasteiger partial charge in [0.15, 0.2) is 0 Å². The molecule has 0 saturated carbocycles. The largest absolute Gasteiger partial charge is 0.395 e. The van der Waals surface area contributed by atoms with Crippen LogP contribution in [0.3, 0.4) is 0 Å². The van der Waals surface area contributed by atoms with Crippen molar-refractivity contribution in [2.24, 2.45) is 5.92 Å². The molecule has 2 aliphatic heterocycles. The van der Waals surface area contributed by atoms with Crippen molar-refractivity contribution in [2.75, 3.05) is 37.7 Å². The lowest BCUT2D eigenvalue weighted by Crippen LogP contribution is -2.45. The second kappa shape index (κ2) is 11.8. The molecule has 1 fully saturated rings. The second-order valence-corrected chi connectivity index (χ2v) is 10.1. The van der Waals surface area contributed by atoms with Crippen LogP contribution >= 0.6 is 0 Å². The molecule has 1 atom stereocenters. The van der Waals surface area contributed by atoms with Crippen LogP contribution in [0.25, 0.3) is 0 Å². The topological polar surface area (TPSA) is 81.2 Å². The van der Waals surface area contributed by atoms with Crippen LogP contribution in [0.1, 0.15) is 44.7 Å². The zero-order chi connectivity index (χ0) is 27.4. The van der Waals surface area contributed by atoms with Gasteiger partial charge >= 0.3 is 0 Å². The Kier molecular flexibility index (Phi) is 8.02. The average molecular weight is 530 g/mol. The quantitative estimate of drug-likeness (QED) is 0.426. The van der Waals surface area contributed by atoms with Gasteiger partial charge in [0.05, 0.1) is 29.3 Å². The number of carbonyl (C=O) groups excluding carboxylic acids is 3. The van der Waals surface area contributed by atoms with Crippen molar-refractivity contribution < 1.29 is 23.9 Å². The summed E-state index contributed by atoms with van der Waals surface area (Å²) in [6.07, 6.45) is 1.85. The SMILES string of the molecule is O=C([C@@H]1CCCN(c2cccc3c2C(=O)N(CCc2cccc(F)c2)C3=O)C1)N(CCO)Cc1ccccc1. The summed E-state index contributed by atoms with van der Waals surface area (Å²) in [5.74, 6) is -1.38. The van der Waals surface area contributed by atoms with Gasteiger partial charge < -0.3 is 14.9 Å². The number of rotatable bonds is 9. The molecule has 0 spiro atoms. The van der Waals surface area contributed by atoms with Crippen molar-refractivity contribution in [2.45, 2.75) is 25.8 Å². The van der Waals surface area contributed by atoms with E-state index >= 15 is 0 Å². The highest BCUT2D eigenvalue weighted by molar-refractivity contribution is 6.23. The molecule has 3 aromatic rings.